The van der Waals surface area contributed by atoms with E-state index in [2.05, 4.69) is 37.4 Å². The molecule has 0 atom stereocenters. The van der Waals surface area contributed by atoms with Crippen LogP contribution in [-0.2, 0) is 19.4 Å². The molecule has 1 nitrogen and oxygen atoms in total. The van der Waals surface area contributed by atoms with E-state index in [1.807, 2.05) is 13.1 Å². The number of hydrogen-bond acceptors (Lipinski definition) is 1. The molecule has 2 aromatic carbocycles. The highest BCUT2D eigenvalue weighted by Crippen LogP contribution is 2.29. The van der Waals surface area contributed by atoms with Crippen LogP contribution in [0.4, 0.5) is 4.39 Å². The number of halogens is 1. The van der Waals surface area contributed by atoms with Crippen LogP contribution in [0.15, 0.2) is 36.4 Å². The number of benzene rings is 2. The lowest BCUT2D eigenvalue weighted by Gasteiger charge is -2.15. The van der Waals surface area contributed by atoms with Crippen molar-refractivity contribution in [2.75, 3.05) is 7.05 Å². The van der Waals surface area contributed by atoms with Crippen LogP contribution < -0.4 is 5.32 Å². The fraction of sp³-hybridized carbons (Fsp3) is 0.333. The number of rotatable bonds is 5. The molecule has 0 amide bonds. The molecule has 0 radical (unpaired) electrons. The van der Waals surface area contributed by atoms with Gasteiger partial charge in [0.25, 0.3) is 0 Å². The Morgan fingerprint density at radius 3 is 2.35 bits per heavy atom. The van der Waals surface area contributed by atoms with Crippen molar-refractivity contribution >= 4 is 0 Å². The quantitative estimate of drug-likeness (QED) is 0.853. The molecule has 0 aliphatic rings. The SMILES string of the molecule is CCc1ccc(CC)c(-c2ccc(F)cc2CNC)c1. The third kappa shape index (κ3) is 3.07. The molecule has 20 heavy (non-hydrogen) atoms. The lowest BCUT2D eigenvalue weighted by Crippen LogP contribution is -2.07. The van der Waals surface area contributed by atoms with Crippen molar-refractivity contribution in [3.05, 3.63) is 58.9 Å². The van der Waals surface area contributed by atoms with Gasteiger partial charge in [-0.2, -0.15) is 0 Å². The summed E-state index contributed by atoms with van der Waals surface area (Å²) < 4.78 is 13.5. The summed E-state index contributed by atoms with van der Waals surface area (Å²) in [5.74, 6) is -0.177. The van der Waals surface area contributed by atoms with Crippen molar-refractivity contribution in [3.63, 3.8) is 0 Å². The second-order valence-corrected chi connectivity index (χ2v) is 5.03. The molecule has 0 fully saturated rings. The van der Waals surface area contributed by atoms with E-state index in [1.54, 1.807) is 12.1 Å². The fourth-order valence-corrected chi connectivity index (χ4v) is 2.56. The maximum Gasteiger partial charge on any atom is 0.123 e. The largest absolute Gasteiger partial charge is 0.316 e. The van der Waals surface area contributed by atoms with Crippen LogP contribution in [0, 0.1) is 5.82 Å². The zero-order valence-electron chi connectivity index (χ0n) is 12.5. The molecule has 2 rings (SSSR count). The summed E-state index contributed by atoms with van der Waals surface area (Å²) >= 11 is 0. The number of hydrogen-bond donors (Lipinski definition) is 1. The highest BCUT2D eigenvalue weighted by molar-refractivity contribution is 5.71. The second-order valence-electron chi connectivity index (χ2n) is 5.03. The maximum absolute atomic E-state index is 13.5. The van der Waals surface area contributed by atoms with Gasteiger partial charge in [-0.15, -0.1) is 0 Å². The first-order valence-corrected chi connectivity index (χ1v) is 7.24. The molecule has 0 saturated heterocycles. The monoisotopic (exact) mass is 271 g/mol. The Morgan fingerprint density at radius 2 is 1.70 bits per heavy atom. The minimum Gasteiger partial charge on any atom is -0.316 e. The summed E-state index contributed by atoms with van der Waals surface area (Å²) in [5.41, 5.74) is 6.00. The predicted octanol–water partition coefficient (Wildman–Crippen LogP) is 4.34. The van der Waals surface area contributed by atoms with Gasteiger partial charge in [-0.25, -0.2) is 4.39 Å². The average Bonchev–Trinajstić information content (AvgIpc) is 2.47. The first-order chi connectivity index (χ1) is 9.69. The van der Waals surface area contributed by atoms with Crippen molar-refractivity contribution in [3.8, 4) is 11.1 Å². The van der Waals surface area contributed by atoms with Gasteiger partial charge in [0.05, 0.1) is 0 Å². The lowest BCUT2D eigenvalue weighted by atomic mass is 9.92. The van der Waals surface area contributed by atoms with Crippen LogP contribution >= 0.6 is 0 Å². The van der Waals surface area contributed by atoms with E-state index in [9.17, 15) is 4.39 Å². The molecule has 0 spiro atoms. The molecule has 0 heterocycles. The highest BCUT2D eigenvalue weighted by Gasteiger charge is 2.10. The highest BCUT2D eigenvalue weighted by atomic mass is 19.1. The first-order valence-electron chi connectivity index (χ1n) is 7.24. The van der Waals surface area contributed by atoms with Gasteiger partial charge < -0.3 is 5.32 Å². The normalized spacial score (nSPS) is 10.8. The van der Waals surface area contributed by atoms with Gasteiger partial charge >= 0.3 is 0 Å². The van der Waals surface area contributed by atoms with Gasteiger partial charge in [-0.05, 0) is 59.8 Å². The molecule has 0 aliphatic heterocycles. The Morgan fingerprint density at radius 1 is 0.900 bits per heavy atom. The van der Waals surface area contributed by atoms with Crippen LogP contribution in [-0.4, -0.2) is 7.05 Å². The molecular formula is C18H22FN. The van der Waals surface area contributed by atoms with E-state index >= 15 is 0 Å². The maximum atomic E-state index is 13.5. The standard InChI is InChI=1S/C18H22FN/c1-4-13-6-7-14(5-2)18(10-13)17-9-8-16(19)11-15(17)12-20-3/h6-11,20H,4-5,12H2,1-3H3. The van der Waals surface area contributed by atoms with Gasteiger partial charge in [-0.1, -0.05) is 38.1 Å². The van der Waals surface area contributed by atoms with Crippen LogP contribution in [0.3, 0.4) is 0 Å². The van der Waals surface area contributed by atoms with E-state index < -0.39 is 0 Å². The Hall–Kier alpha value is -1.67. The summed E-state index contributed by atoms with van der Waals surface area (Å²) in [6, 6.07) is 11.7. The molecule has 0 bridgehead atoms. The molecule has 0 aliphatic carbocycles. The molecule has 1 N–H and O–H groups in total. The minimum atomic E-state index is -0.177. The number of nitrogens with one attached hydrogen (secondary N) is 1. The molecule has 0 aromatic heterocycles. The first kappa shape index (κ1) is 14.7. The Labute approximate surface area is 120 Å². The van der Waals surface area contributed by atoms with Gasteiger partial charge in [-0.3, -0.25) is 0 Å². The van der Waals surface area contributed by atoms with E-state index in [1.165, 1.54) is 16.7 Å². The van der Waals surface area contributed by atoms with Crippen LogP contribution in [0.2, 0.25) is 0 Å². The van der Waals surface area contributed by atoms with Gasteiger partial charge in [0, 0.05) is 6.54 Å². The van der Waals surface area contributed by atoms with Gasteiger partial charge in [0.2, 0.25) is 0 Å². The summed E-state index contributed by atoms with van der Waals surface area (Å²) in [6.07, 6.45) is 2.00. The summed E-state index contributed by atoms with van der Waals surface area (Å²) in [6.45, 7) is 4.99. The topological polar surface area (TPSA) is 12.0 Å². The van der Waals surface area contributed by atoms with E-state index in [4.69, 9.17) is 0 Å². The zero-order chi connectivity index (χ0) is 14.5. The third-order valence-electron chi connectivity index (χ3n) is 3.69. The summed E-state index contributed by atoms with van der Waals surface area (Å²) in [5, 5.41) is 3.12. The van der Waals surface area contributed by atoms with E-state index in [0.717, 1.165) is 24.0 Å². The Kier molecular flexibility index (Phi) is 4.91. The van der Waals surface area contributed by atoms with Crippen LogP contribution in [0.5, 0.6) is 0 Å². The molecule has 106 valence electrons. The van der Waals surface area contributed by atoms with Crippen LogP contribution in [0.1, 0.15) is 30.5 Å². The van der Waals surface area contributed by atoms with Crippen molar-refractivity contribution in [1.82, 2.24) is 5.32 Å². The summed E-state index contributed by atoms with van der Waals surface area (Å²) in [4.78, 5) is 0. The Balaban J connectivity index is 2.60. The molecule has 0 unspecified atom stereocenters. The molecule has 2 aromatic rings. The molecule has 2 heteroatoms. The van der Waals surface area contributed by atoms with Crippen molar-refractivity contribution in [2.24, 2.45) is 0 Å². The Bertz CT molecular complexity index is 590. The molecule has 0 saturated carbocycles. The fourth-order valence-electron chi connectivity index (χ4n) is 2.56. The smallest absolute Gasteiger partial charge is 0.123 e. The third-order valence-corrected chi connectivity index (χ3v) is 3.69. The zero-order valence-corrected chi connectivity index (χ0v) is 12.5. The van der Waals surface area contributed by atoms with Crippen molar-refractivity contribution in [2.45, 2.75) is 33.2 Å². The van der Waals surface area contributed by atoms with Crippen molar-refractivity contribution in [1.29, 1.82) is 0 Å². The minimum absolute atomic E-state index is 0.177. The number of aryl methyl sites for hydroxylation is 2. The van der Waals surface area contributed by atoms with Gasteiger partial charge in [0.1, 0.15) is 5.82 Å². The summed E-state index contributed by atoms with van der Waals surface area (Å²) in [7, 11) is 1.89. The van der Waals surface area contributed by atoms with E-state index in [0.29, 0.717) is 6.54 Å². The average molecular weight is 271 g/mol. The van der Waals surface area contributed by atoms with Crippen LogP contribution in [0.25, 0.3) is 11.1 Å². The molecular weight excluding hydrogens is 249 g/mol. The lowest BCUT2D eigenvalue weighted by molar-refractivity contribution is 0.624. The van der Waals surface area contributed by atoms with E-state index in [-0.39, 0.29) is 5.82 Å². The second kappa shape index (κ2) is 6.67. The predicted molar refractivity (Wildman–Crippen MR) is 83.4 cm³/mol. The van der Waals surface area contributed by atoms with Gasteiger partial charge in [0.15, 0.2) is 0 Å². The van der Waals surface area contributed by atoms with Crippen molar-refractivity contribution < 1.29 is 4.39 Å².